The highest BCUT2D eigenvalue weighted by molar-refractivity contribution is 5.68. The summed E-state index contributed by atoms with van der Waals surface area (Å²) in [5.74, 6) is 0. The van der Waals surface area contributed by atoms with E-state index in [1.807, 2.05) is 31.2 Å². The molecule has 1 aromatic rings. The highest BCUT2D eigenvalue weighted by atomic mass is 16.3. The maximum atomic E-state index is 9.04. The van der Waals surface area contributed by atoms with Crippen LogP contribution in [-0.2, 0) is 0 Å². The Hall–Kier alpha value is -1.08. The fourth-order valence-corrected chi connectivity index (χ4v) is 1.27. The SMILES string of the molecule is C/C=C(/CO)c1ccccc1C. The van der Waals surface area contributed by atoms with Crippen molar-refractivity contribution in [2.45, 2.75) is 13.8 Å². The van der Waals surface area contributed by atoms with E-state index in [1.54, 1.807) is 0 Å². The molecule has 0 bridgehead atoms. The topological polar surface area (TPSA) is 20.2 Å². The van der Waals surface area contributed by atoms with Gasteiger partial charge >= 0.3 is 0 Å². The lowest BCUT2D eigenvalue weighted by Crippen LogP contribution is -1.92. The van der Waals surface area contributed by atoms with Gasteiger partial charge in [-0.3, -0.25) is 0 Å². The summed E-state index contributed by atoms with van der Waals surface area (Å²) in [5, 5.41) is 9.04. The molecule has 0 unspecified atom stereocenters. The number of allylic oxidation sites excluding steroid dienone is 1. The smallest absolute Gasteiger partial charge is 0.0684 e. The molecule has 0 radical (unpaired) electrons. The summed E-state index contributed by atoms with van der Waals surface area (Å²) in [4.78, 5) is 0. The van der Waals surface area contributed by atoms with Gasteiger partial charge in [-0.15, -0.1) is 0 Å². The molecule has 0 heterocycles. The van der Waals surface area contributed by atoms with Gasteiger partial charge in [0.05, 0.1) is 6.61 Å². The van der Waals surface area contributed by atoms with Crippen LogP contribution < -0.4 is 0 Å². The van der Waals surface area contributed by atoms with E-state index in [0.717, 1.165) is 11.1 Å². The Labute approximate surface area is 73.4 Å². The summed E-state index contributed by atoms with van der Waals surface area (Å²) in [6.45, 7) is 4.11. The molecule has 0 fully saturated rings. The molecule has 0 saturated carbocycles. The summed E-state index contributed by atoms with van der Waals surface area (Å²) in [6.07, 6.45) is 1.95. The number of aliphatic hydroxyl groups is 1. The van der Waals surface area contributed by atoms with E-state index in [9.17, 15) is 0 Å². The first kappa shape index (κ1) is 9.01. The fraction of sp³-hybridized carbons (Fsp3) is 0.273. The van der Waals surface area contributed by atoms with E-state index in [4.69, 9.17) is 5.11 Å². The minimum absolute atomic E-state index is 0.112. The zero-order chi connectivity index (χ0) is 8.97. The first-order valence-corrected chi connectivity index (χ1v) is 4.11. The average molecular weight is 162 g/mol. The quantitative estimate of drug-likeness (QED) is 0.708. The number of benzene rings is 1. The zero-order valence-electron chi connectivity index (χ0n) is 7.54. The van der Waals surface area contributed by atoms with Gasteiger partial charge in [0.25, 0.3) is 0 Å². The largest absolute Gasteiger partial charge is 0.392 e. The first-order valence-electron chi connectivity index (χ1n) is 4.11. The highest BCUT2D eigenvalue weighted by Gasteiger charge is 2.00. The molecule has 1 rings (SSSR count). The van der Waals surface area contributed by atoms with Gasteiger partial charge in [0.1, 0.15) is 0 Å². The van der Waals surface area contributed by atoms with Crippen molar-refractivity contribution >= 4 is 5.57 Å². The monoisotopic (exact) mass is 162 g/mol. The normalized spacial score (nSPS) is 11.8. The van der Waals surface area contributed by atoms with E-state index in [1.165, 1.54) is 5.56 Å². The molecule has 0 amide bonds. The van der Waals surface area contributed by atoms with E-state index >= 15 is 0 Å². The van der Waals surface area contributed by atoms with Gasteiger partial charge in [-0.2, -0.15) is 0 Å². The van der Waals surface area contributed by atoms with Crippen LogP contribution in [0.5, 0.6) is 0 Å². The Bertz CT molecular complexity index is 287. The Morgan fingerprint density at radius 1 is 1.42 bits per heavy atom. The zero-order valence-corrected chi connectivity index (χ0v) is 7.54. The van der Waals surface area contributed by atoms with Crippen LogP contribution in [0.3, 0.4) is 0 Å². The molecule has 1 aromatic carbocycles. The number of aliphatic hydroxyl groups excluding tert-OH is 1. The molecule has 0 aliphatic rings. The van der Waals surface area contributed by atoms with Crippen LogP contribution >= 0.6 is 0 Å². The Kier molecular flexibility index (Phi) is 3.06. The molecule has 0 saturated heterocycles. The second kappa shape index (κ2) is 4.07. The Morgan fingerprint density at radius 3 is 2.58 bits per heavy atom. The number of hydrogen-bond acceptors (Lipinski definition) is 1. The third kappa shape index (κ3) is 1.74. The lowest BCUT2D eigenvalue weighted by Gasteiger charge is -2.06. The maximum Gasteiger partial charge on any atom is 0.0684 e. The first-order chi connectivity index (χ1) is 5.79. The third-order valence-electron chi connectivity index (χ3n) is 2.01. The predicted octanol–water partition coefficient (Wildman–Crippen LogP) is 2.39. The van der Waals surface area contributed by atoms with Gasteiger partial charge < -0.3 is 5.11 Å². The van der Waals surface area contributed by atoms with Crippen LogP contribution in [0, 0.1) is 6.92 Å². The minimum atomic E-state index is 0.112. The van der Waals surface area contributed by atoms with E-state index in [-0.39, 0.29) is 6.61 Å². The molecule has 1 nitrogen and oxygen atoms in total. The molecule has 0 atom stereocenters. The average Bonchev–Trinajstić information content (AvgIpc) is 2.10. The molecule has 0 aromatic heterocycles. The van der Waals surface area contributed by atoms with Crippen LogP contribution in [0.25, 0.3) is 5.57 Å². The Morgan fingerprint density at radius 2 is 2.08 bits per heavy atom. The van der Waals surface area contributed by atoms with Gasteiger partial charge in [-0.25, -0.2) is 0 Å². The van der Waals surface area contributed by atoms with Gasteiger partial charge in [0, 0.05) is 0 Å². The van der Waals surface area contributed by atoms with Crippen molar-refractivity contribution < 1.29 is 5.11 Å². The van der Waals surface area contributed by atoms with Gasteiger partial charge in [0.15, 0.2) is 0 Å². The number of rotatable bonds is 2. The van der Waals surface area contributed by atoms with Crippen LogP contribution in [0.15, 0.2) is 30.3 Å². The van der Waals surface area contributed by atoms with E-state index in [2.05, 4.69) is 13.0 Å². The van der Waals surface area contributed by atoms with Crippen LogP contribution in [0.2, 0.25) is 0 Å². The summed E-state index contributed by atoms with van der Waals surface area (Å²) in [5.41, 5.74) is 3.34. The van der Waals surface area contributed by atoms with Crippen molar-refractivity contribution in [1.29, 1.82) is 0 Å². The molecular weight excluding hydrogens is 148 g/mol. The summed E-state index contributed by atoms with van der Waals surface area (Å²) >= 11 is 0. The number of hydrogen-bond donors (Lipinski definition) is 1. The lowest BCUT2D eigenvalue weighted by molar-refractivity contribution is 0.350. The van der Waals surface area contributed by atoms with Crippen LogP contribution in [0.4, 0.5) is 0 Å². The third-order valence-corrected chi connectivity index (χ3v) is 2.01. The van der Waals surface area contributed by atoms with Crippen molar-refractivity contribution in [3.63, 3.8) is 0 Å². The van der Waals surface area contributed by atoms with Crippen molar-refractivity contribution in [1.82, 2.24) is 0 Å². The molecule has 12 heavy (non-hydrogen) atoms. The van der Waals surface area contributed by atoms with Crippen molar-refractivity contribution in [2.24, 2.45) is 0 Å². The van der Waals surface area contributed by atoms with Crippen LogP contribution in [-0.4, -0.2) is 11.7 Å². The summed E-state index contributed by atoms with van der Waals surface area (Å²) in [6, 6.07) is 8.07. The lowest BCUT2D eigenvalue weighted by atomic mass is 10.0. The summed E-state index contributed by atoms with van der Waals surface area (Å²) in [7, 11) is 0. The molecule has 0 aliphatic carbocycles. The van der Waals surface area contributed by atoms with E-state index < -0.39 is 0 Å². The van der Waals surface area contributed by atoms with Crippen LogP contribution in [0.1, 0.15) is 18.1 Å². The molecule has 1 N–H and O–H groups in total. The standard InChI is InChI=1S/C11H14O/c1-3-10(8-12)11-7-5-4-6-9(11)2/h3-7,12H,8H2,1-2H3/b10-3-. The molecule has 1 heteroatoms. The second-order valence-electron chi connectivity index (χ2n) is 2.79. The maximum absolute atomic E-state index is 9.04. The second-order valence-corrected chi connectivity index (χ2v) is 2.79. The van der Waals surface area contributed by atoms with Crippen molar-refractivity contribution in [2.75, 3.05) is 6.61 Å². The molecule has 0 aliphatic heterocycles. The highest BCUT2D eigenvalue weighted by Crippen LogP contribution is 2.17. The number of aryl methyl sites for hydroxylation is 1. The van der Waals surface area contributed by atoms with Gasteiger partial charge in [-0.05, 0) is 30.5 Å². The Balaban J connectivity index is 3.10. The summed E-state index contributed by atoms with van der Waals surface area (Å²) < 4.78 is 0. The van der Waals surface area contributed by atoms with Crippen molar-refractivity contribution in [3.05, 3.63) is 41.5 Å². The molecule has 0 spiro atoms. The fourth-order valence-electron chi connectivity index (χ4n) is 1.27. The molecular formula is C11H14O. The predicted molar refractivity (Wildman–Crippen MR) is 51.9 cm³/mol. The van der Waals surface area contributed by atoms with Crippen molar-refractivity contribution in [3.8, 4) is 0 Å². The minimum Gasteiger partial charge on any atom is -0.392 e. The van der Waals surface area contributed by atoms with E-state index in [0.29, 0.717) is 0 Å². The van der Waals surface area contributed by atoms with Gasteiger partial charge in [0.2, 0.25) is 0 Å². The van der Waals surface area contributed by atoms with Gasteiger partial charge in [-0.1, -0.05) is 30.3 Å². The molecule has 64 valence electrons.